The van der Waals surface area contributed by atoms with Gasteiger partial charge in [-0.15, -0.1) is 0 Å². The lowest BCUT2D eigenvalue weighted by atomic mass is 10.0. The minimum Gasteiger partial charge on any atom is -0.358 e. The summed E-state index contributed by atoms with van der Waals surface area (Å²) in [6.07, 6.45) is 2.86. The molecular weight excluding hydrogens is 252 g/mol. The summed E-state index contributed by atoms with van der Waals surface area (Å²) < 4.78 is 1.84. The lowest BCUT2D eigenvalue weighted by molar-refractivity contribution is -0.123. The Labute approximate surface area is 122 Å². The third-order valence-electron chi connectivity index (χ3n) is 3.29. The van der Waals surface area contributed by atoms with Crippen molar-refractivity contribution in [1.82, 2.24) is 20.4 Å². The van der Waals surface area contributed by atoms with Crippen molar-refractivity contribution in [2.45, 2.75) is 52.6 Å². The molecule has 0 aliphatic carbocycles. The molecular formula is C15H28N4O. The van der Waals surface area contributed by atoms with Crippen molar-refractivity contribution in [3.05, 3.63) is 17.5 Å². The van der Waals surface area contributed by atoms with E-state index in [1.54, 1.807) is 7.05 Å². The number of nitrogens with one attached hydrogen (secondary N) is 2. The van der Waals surface area contributed by atoms with Gasteiger partial charge in [0.1, 0.15) is 0 Å². The van der Waals surface area contributed by atoms with Crippen LogP contribution in [0.5, 0.6) is 0 Å². The molecule has 1 aromatic rings. The molecule has 0 aliphatic rings. The first kappa shape index (κ1) is 16.7. The smallest absolute Gasteiger partial charge is 0.236 e. The number of rotatable bonds is 7. The summed E-state index contributed by atoms with van der Waals surface area (Å²) in [6.45, 7) is 9.20. The molecule has 20 heavy (non-hydrogen) atoms. The number of aryl methyl sites for hydroxylation is 1. The Hall–Kier alpha value is -1.36. The van der Waals surface area contributed by atoms with Gasteiger partial charge < -0.3 is 10.6 Å². The average molecular weight is 280 g/mol. The van der Waals surface area contributed by atoms with Crippen molar-refractivity contribution in [2.24, 2.45) is 13.0 Å². The average Bonchev–Trinajstić information content (AvgIpc) is 2.74. The van der Waals surface area contributed by atoms with Crippen LogP contribution in [-0.4, -0.2) is 28.8 Å². The second-order valence-electron chi connectivity index (χ2n) is 6.05. The Kier molecular flexibility index (Phi) is 6.20. The summed E-state index contributed by atoms with van der Waals surface area (Å²) in [7, 11) is 3.61. The van der Waals surface area contributed by atoms with E-state index < -0.39 is 0 Å². The van der Waals surface area contributed by atoms with Gasteiger partial charge in [-0.05, 0) is 18.3 Å². The SMILES string of the molecule is CNC(=O)C(CC(C)C)NCc1cn(C)nc1C(C)C. The highest BCUT2D eigenvalue weighted by Crippen LogP contribution is 2.17. The van der Waals surface area contributed by atoms with Crippen LogP contribution in [0.2, 0.25) is 0 Å². The van der Waals surface area contributed by atoms with E-state index in [0.717, 1.165) is 12.1 Å². The molecule has 5 heteroatoms. The van der Waals surface area contributed by atoms with Gasteiger partial charge in [-0.2, -0.15) is 5.10 Å². The zero-order valence-electron chi connectivity index (χ0n) is 13.5. The van der Waals surface area contributed by atoms with Gasteiger partial charge in [-0.3, -0.25) is 9.48 Å². The van der Waals surface area contributed by atoms with E-state index in [2.05, 4.69) is 43.4 Å². The molecule has 1 rings (SSSR count). The Morgan fingerprint density at radius 3 is 2.50 bits per heavy atom. The Morgan fingerprint density at radius 2 is 2.00 bits per heavy atom. The number of carbonyl (C=O) groups is 1. The predicted molar refractivity (Wildman–Crippen MR) is 81.4 cm³/mol. The normalized spacial score (nSPS) is 13.0. The van der Waals surface area contributed by atoms with E-state index in [-0.39, 0.29) is 11.9 Å². The van der Waals surface area contributed by atoms with Crippen molar-refractivity contribution in [2.75, 3.05) is 7.05 Å². The van der Waals surface area contributed by atoms with Crippen molar-refractivity contribution in [1.29, 1.82) is 0 Å². The fraction of sp³-hybridized carbons (Fsp3) is 0.733. The predicted octanol–water partition coefficient (Wildman–Crippen LogP) is 1.79. The van der Waals surface area contributed by atoms with Crippen LogP contribution in [0, 0.1) is 5.92 Å². The first-order valence-corrected chi connectivity index (χ1v) is 7.32. The number of amides is 1. The highest BCUT2D eigenvalue weighted by atomic mass is 16.2. The molecule has 0 fully saturated rings. The second-order valence-corrected chi connectivity index (χ2v) is 6.05. The van der Waals surface area contributed by atoms with Crippen molar-refractivity contribution in [3.8, 4) is 0 Å². The number of aromatic nitrogens is 2. The first-order valence-electron chi connectivity index (χ1n) is 7.32. The quantitative estimate of drug-likeness (QED) is 0.800. The van der Waals surface area contributed by atoms with E-state index in [9.17, 15) is 4.79 Å². The second kappa shape index (κ2) is 7.43. The monoisotopic (exact) mass is 280 g/mol. The topological polar surface area (TPSA) is 59.0 Å². The first-order chi connectivity index (χ1) is 9.35. The summed E-state index contributed by atoms with van der Waals surface area (Å²) >= 11 is 0. The molecule has 1 heterocycles. The molecule has 1 amide bonds. The van der Waals surface area contributed by atoms with Crippen LogP contribution in [0.4, 0.5) is 0 Å². The van der Waals surface area contributed by atoms with E-state index in [1.165, 1.54) is 5.56 Å². The Balaban J connectivity index is 2.74. The van der Waals surface area contributed by atoms with Crippen LogP contribution in [0.15, 0.2) is 6.20 Å². The molecule has 114 valence electrons. The third-order valence-corrected chi connectivity index (χ3v) is 3.29. The highest BCUT2D eigenvalue weighted by Gasteiger charge is 2.19. The summed E-state index contributed by atoms with van der Waals surface area (Å²) in [5.41, 5.74) is 2.26. The molecule has 0 aromatic carbocycles. The largest absolute Gasteiger partial charge is 0.358 e. The molecule has 1 aromatic heterocycles. The molecule has 0 bridgehead atoms. The maximum Gasteiger partial charge on any atom is 0.236 e. The van der Waals surface area contributed by atoms with Crippen molar-refractivity contribution < 1.29 is 4.79 Å². The summed E-state index contributed by atoms with van der Waals surface area (Å²) in [5, 5.41) is 10.6. The van der Waals surface area contributed by atoms with Crippen LogP contribution < -0.4 is 10.6 Å². The Bertz CT molecular complexity index is 437. The van der Waals surface area contributed by atoms with Gasteiger partial charge in [-0.1, -0.05) is 27.7 Å². The van der Waals surface area contributed by atoms with Gasteiger partial charge in [0.05, 0.1) is 11.7 Å². The molecule has 1 atom stereocenters. The molecule has 1 unspecified atom stereocenters. The van der Waals surface area contributed by atoms with Gasteiger partial charge in [0, 0.05) is 32.4 Å². The molecule has 2 N–H and O–H groups in total. The minimum absolute atomic E-state index is 0.0497. The van der Waals surface area contributed by atoms with Crippen LogP contribution in [0.25, 0.3) is 0 Å². The minimum atomic E-state index is -0.153. The maximum atomic E-state index is 11.9. The summed E-state index contributed by atoms with van der Waals surface area (Å²) in [6, 6.07) is -0.153. The van der Waals surface area contributed by atoms with E-state index in [4.69, 9.17) is 0 Å². The van der Waals surface area contributed by atoms with Crippen LogP contribution in [0.3, 0.4) is 0 Å². The fourth-order valence-electron chi connectivity index (χ4n) is 2.34. The maximum absolute atomic E-state index is 11.9. The Morgan fingerprint density at radius 1 is 1.35 bits per heavy atom. The number of likely N-dealkylation sites (N-methyl/N-ethyl adjacent to an activating group) is 1. The lowest BCUT2D eigenvalue weighted by Gasteiger charge is -2.19. The van der Waals surface area contributed by atoms with E-state index in [1.807, 2.05) is 17.9 Å². The fourth-order valence-corrected chi connectivity index (χ4v) is 2.34. The zero-order chi connectivity index (χ0) is 15.3. The summed E-state index contributed by atoms with van der Waals surface area (Å²) in [5.74, 6) is 0.911. The lowest BCUT2D eigenvalue weighted by Crippen LogP contribution is -2.43. The highest BCUT2D eigenvalue weighted by molar-refractivity contribution is 5.81. The van der Waals surface area contributed by atoms with Crippen LogP contribution >= 0.6 is 0 Å². The number of carbonyl (C=O) groups excluding carboxylic acids is 1. The van der Waals surface area contributed by atoms with E-state index in [0.29, 0.717) is 18.4 Å². The molecule has 5 nitrogen and oxygen atoms in total. The third kappa shape index (κ3) is 4.63. The molecule has 0 aliphatic heterocycles. The summed E-state index contributed by atoms with van der Waals surface area (Å²) in [4.78, 5) is 11.9. The molecule has 0 saturated heterocycles. The van der Waals surface area contributed by atoms with Gasteiger partial charge >= 0.3 is 0 Å². The molecule has 0 saturated carbocycles. The molecule has 0 radical (unpaired) electrons. The van der Waals surface area contributed by atoms with Crippen LogP contribution in [-0.2, 0) is 18.4 Å². The van der Waals surface area contributed by atoms with Crippen LogP contribution in [0.1, 0.15) is 51.3 Å². The number of hydrogen-bond acceptors (Lipinski definition) is 3. The van der Waals surface area contributed by atoms with Gasteiger partial charge in [0.25, 0.3) is 0 Å². The van der Waals surface area contributed by atoms with Gasteiger partial charge in [0.15, 0.2) is 0 Å². The van der Waals surface area contributed by atoms with Gasteiger partial charge in [0.2, 0.25) is 5.91 Å². The van der Waals surface area contributed by atoms with Crippen molar-refractivity contribution in [3.63, 3.8) is 0 Å². The molecule has 0 spiro atoms. The number of nitrogens with zero attached hydrogens (tertiary/aromatic N) is 2. The van der Waals surface area contributed by atoms with Crippen molar-refractivity contribution >= 4 is 5.91 Å². The zero-order valence-corrected chi connectivity index (χ0v) is 13.5. The van der Waals surface area contributed by atoms with Gasteiger partial charge in [-0.25, -0.2) is 0 Å². The number of hydrogen-bond donors (Lipinski definition) is 2. The van der Waals surface area contributed by atoms with E-state index >= 15 is 0 Å². The standard InChI is InChI=1S/C15H28N4O/c1-10(2)7-13(15(20)16-5)17-8-12-9-19(6)18-14(12)11(3)4/h9-11,13,17H,7-8H2,1-6H3,(H,16,20).